The number of hydrogen-bond donors (Lipinski definition) is 1. The molecule has 0 bridgehead atoms. The van der Waals surface area contributed by atoms with Gasteiger partial charge in [-0.15, -0.1) is 0 Å². The highest BCUT2D eigenvalue weighted by Gasteiger charge is 2.46. The van der Waals surface area contributed by atoms with Crippen LogP contribution in [0.5, 0.6) is 5.75 Å². The topological polar surface area (TPSA) is 106 Å². The molecule has 34 heavy (non-hydrogen) atoms. The predicted octanol–water partition coefficient (Wildman–Crippen LogP) is 3.50. The third-order valence-electron chi connectivity index (χ3n) is 5.63. The van der Waals surface area contributed by atoms with Crippen molar-refractivity contribution in [3.63, 3.8) is 0 Å². The van der Waals surface area contributed by atoms with Gasteiger partial charge in [-0.3, -0.25) is 14.6 Å². The molecule has 3 aromatic rings. The van der Waals surface area contributed by atoms with E-state index in [1.165, 1.54) is 19.1 Å². The maximum atomic E-state index is 13.2. The SMILES string of the molecule is COC(=O)c1ccc(C2C(=C(O)c3cccc(OC)c3)C(=O)C(=O)N2Cc2ccncc2)cc1. The Morgan fingerprint density at radius 3 is 2.35 bits per heavy atom. The van der Waals surface area contributed by atoms with Crippen molar-refractivity contribution in [2.24, 2.45) is 0 Å². The van der Waals surface area contributed by atoms with Crippen LogP contribution in [0.2, 0.25) is 0 Å². The largest absolute Gasteiger partial charge is 0.507 e. The molecule has 0 radical (unpaired) electrons. The molecule has 1 atom stereocenters. The number of carbonyl (C=O) groups is 3. The fourth-order valence-electron chi connectivity index (χ4n) is 3.92. The molecule has 172 valence electrons. The Morgan fingerprint density at radius 1 is 1.00 bits per heavy atom. The van der Waals surface area contributed by atoms with E-state index in [0.717, 1.165) is 5.56 Å². The van der Waals surface area contributed by atoms with Crippen LogP contribution >= 0.6 is 0 Å². The van der Waals surface area contributed by atoms with Crippen molar-refractivity contribution in [1.82, 2.24) is 9.88 Å². The molecule has 1 N–H and O–H groups in total. The first-order chi connectivity index (χ1) is 16.4. The zero-order valence-corrected chi connectivity index (χ0v) is 18.6. The second-order valence-electron chi connectivity index (χ2n) is 7.63. The smallest absolute Gasteiger partial charge is 0.337 e. The molecule has 1 fully saturated rings. The van der Waals surface area contributed by atoms with Gasteiger partial charge in [0.15, 0.2) is 0 Å². The average molecular weight is 458 g/mol. The summed E-state index contributed by atoms with van der Waals surface area (Å²) >= 11 is 0. The van der Waals surface area contributed by atoms with E-state index < -0.39 is 23.7 Å². The van der Waals surface area contributed by atoms with E-state index in [1.807, 2.05) is 0 Å². The number of ketones is 1. The number of pyridine rings is 1. The number of benzene rings is 2. The van der Waals surface area contributed by atoms with E-state index in [2.05, 4.69) is 4.98 Å². The van der Waals surface area contributed by atoms with Gasteiger partial charge in [-0.05, 0) is 47.5 Å². The standard InChI is InChI=1S/C26H22N2O6/c1-33-20-5-3-4-19(14-20)23(29)21-22(17-6-8-18(9-7-17)26(32)34-2)28(25(31)24(21)30)15-16-10-12-27-13-11-16/h3-14,22,29H,15H2,1-2H3. The molecular weight excluding hydrogens is 436 g/mol. The van der Waals surface area contributed by atoms with Gasteiger partial charge >= 0.3 is 5.97 Å². The molecule has 8 heteroatoms. The molecule has 2 aromatic carbocycles. The molecule has 4 rings (SSSR count). The molecule has 1 amide bonds. The van der Waals surface area contributed by atoms with Gasteiger partial charge in [-0.25, -0.2) is 4.79 Å². The zero-order chi connectivity index (χ0) is 24.2. The monoisotopic (exact) mass is 458 g/mol. The summed E-state index contributed by atoms with van der Waals surface area (Å²) in [4.78, 5) is 43.5. The summed E-state index contributed by atoms with van der Waals surface area (Å²) in [6.45, 7) is 0.130. The number of likely N-dealkylation sites (tertiary alicyclic amines) is 1. The van der Waals surface area contributed by atoms with E-state index in [-0.39, 0.29) is 17.9 Å². The number of carbonyl (C=O) groups excluding carboxylic acids is 3. The summed E-state index contributed by atoms with van der Waals surface area (Å²) in [5.41, 5.74) is 1.96. The van der Waals surface area contributed by atoms with Crippen LogP contribution in [-0.2, 0) is 20.9 Å². The van der Waals surface area contributed by atoms with Crippen LogP contribution in [0.4, 0.5) is 0 Å². The van der Waals surface area contributed by atoms with Crippen molar-refractivity contribution < 1.29 is 29.0 Å². The molecule has 2 heterocycles. The summed E-state index contributed by atoms with van der Waals surface area (Å²) in [5.74, 6) is -1.85. The van der Waals surface area contributed by atoms with Crippen molar-refractivity contribution in [3.05, 3.63) is 101 Å². The third kappa shape index (κ3) is 4.25. The molecule has 1 saturated heterocycles. The minimum Gasteiger partial charge on any atom is -0.507 e. The number of Topliss-reactive ketones (excluding diaryl/α,β-unsaturated/α-hetero) is 1. The molecule has 1 aliphatic rings. The number of aromatic nitrogens is 1. The Morgan fingerprint density at radius 2 is 1.71 bits per heavy atom. The Balaban J connectivity index is 1.85. The number of rotatable bonds is 6. The lowest BCUT2D eigenvalue weighted by Crippen LogP contribution is -2.29. The lowest BCUT2D eigenvalue weighted by atomic mass is 9.94. The first kappa shape index (κ1) is 22.7. The Hall–Kier alpha value is -4.46. The minimum absolute atomic E-state index is 0.0434. The highest BCUT2D eigenvalue weighted by molar-refractivity contribution is 6.46. The number of ether oxygens (including phenoxy) is 2. The van der Waals surface area contributed by atoms with Crippen LogP contribution in [0.3, 0.4) is 0 Å². The summed E-state index contributed by atoms with van der Waals surface area (Å²) < 4.78 is 9.98. The maximum Gasteiger partial charge on any atom is 0.337 e. The second-order valence-corrected chi connectivity index (χ2v) is 7.63. The molecule has 1 aliphatic heterocycles. The highest BCUT2D eigenvalue weighted by atomic mass is 16.5. The minimum atomic E-state index is -0.869. The van der Waals surface area contributed by atoms with E-state index in [4.69, 9.17) is 9.47 Å². The predicted molar refractivity (Wildman–Crippen MR) is 123 cm³/mol. The Kier molecular flexibility index (Phi) is 6.40. The zero-order valence-electron chi connectivity index (χ0n) is 18.6. The van der Waals surface area contributed by atoms with Crippen LogP contribution < -0.4 is 4.74 Å². The fraction of sp³-hybridized carbons (Fsp3) is 0.154. The maximum absolute atomic E-state index is 13.2. The van der Waals surface area contributed by atoms with E-state index in [0.29, 0.717) is 22.4 Å². The van der Waals surface area contributed by atoms with E-state index >= 15 is 0 Å². The molecular formula is C26H22N2O6. The molecule has 0 saturated carbocycles. The Bertz CT molecular complexity index is 1270. The number of amides is 1. The molecule has 1 unspecified atom stereocenters. The van der Waals surface area contributed by atoms with Crippen molar-refractivity contribution in [2.45, 2.75) is 12.6 Å². The second kappa shape index (κ2) is 9.58. The van der Waals surface area contributed by atoms with Gasteiger partial charge in [0.1, 0.15) is 11.5 Å². The first-order valence-electron chi connectivity index (χ1n) is 10.4. The number of aliphatic hydroxyl groups excluding tert-OH is 1. The summed E-state index contributed by atoms with van der Waals surface area (Å²) in [7, 11) is 2.78. The number of nitrogens with zero attached hydrogens (tertiary/aromatic N) is 2. The van der Waals surface area contributed by atoms with Crippen molar-refractivity contribution >= 4 is 23.4 Å². The lowest BCUT2D eigenvalue weighted by molar-refractivity contribution is -0.140. The number of aliphatic hydroxyl groups is 1. The first-order valence-corrected chi connectivity index (χ1v) is 10.4. The van der Waals surface area contributed by atoms with Gasteiger partial charge in [-0.1, -0.05) is 24.3 Å². The van der Waals surface area contributed by atoms with Crippen LogP contribution in [0.15, 0.2) is 78.6 Å². The van der Waals surface area contributed by atoms with Gasteiger partial charge in [-0.2, -0.15) is 0 Å². The quantitative estimate of drug-likeness (QED) is 0.261. The van der Waals surface area contributed by atoms with Crippen molar-refractivity contribution in [3.8, 4) is 5.75 Å². The average Bonchev–Trinajstić information content (AvgIpc) is 3.13. The van der Waals surface area contributed by atoms with Gasteiger partial charge in [0.25, 0.3) is 11.7 Å². The summed E-state index contributed by atoms with van der Waals surface area (Å²) in [5, 5.41) is 11.2. The van der Waals surface area contributed by atoms with E-state index in [1.54, 1.807) is 73.1 Å². The molecule has 0 spiro atoms. The third-order valence-corrected chi connectivity index (χ3v) is 5.63. The summed E-state index contributed by atoms with van der Waals surface area (Å²) in [6.07, 6.45) is 3.20. The molecule has 1 aromatic heterocycles. The Labute approximate surface area is 196 Å². The lowest BCUT2D eigenvalue weighted by Gasteiger charge is -2.25. The van der Waals surface area contributed by atoms with Crippen LogP contribution in [0.25, 0.3) is 5.76 Å². The van der Waals surface area contributed by atoms with Crippen LogP contribution in [0, 0.1) is 0 Å². The van der Waals surface area contributed by atoms with Crippen molar-refractivity contribution in [2.75, 3.05) is 14.2 Å². The van der Waals surface area contributed by atoms with Crippen LogP contribution in [-0.4, -0.2) is 46.9 Å². The highest BCUT2D eigenvalue weighted by Crippen LogP contribution is 2.40. The van der Waals surface area contributed by atoms with Crippen molar-refractivity contribution in [1.29, 1.82) is 0 Å². The van der Waals surface area contributed by atoms with Gasteiger partial charge in [0, 0.05) is 24.5 Å². The summed E-state index contributed by atoms with van der Waals surface area (Å²) in [6, 6.07) is 15.6. The normalized spacial score (nSPS) is 17.0. The van der Waals surface area contributed by atoms with Gasteiger partial charge < -0.3 is 19.5 Å². The number of methoxy groups -OCH3 is 2. The van der Waals surface area contributed by atoms with E-state index in [9.17, 15) is 19.5 Å². The van der Waals surface area contributed by atoms with Crippen LogP contribution in [0.1, 0.15) is 33.1 Å². The van der Waals surface area contributed by atoms with Gasteiger partial charge in [0.2, 0.25) is 0 Å². The fourth-order valence-corrected chi connectivity index (χ4v) is 3.92. The number of hydrogen-bond acceptors (Lipinski definition) is 7. The number of esters is 1. The molecule has 8 nitrogen and oxygen atoms in total. The van der Waals surface area contributed by atoms with Gasteiger partial charge in [0.05, 0.1) is 31.4 Å². The molecule has 0 aliphatic carbocycles.